The van der Waals surface area contributed by atoms with E-state index in [1.807, 2.05) is 0 Å². The summed E-state index contributed by atoms with van der Waals surface area (Å²) < 4.78 is 40.0. The predicted molar refractivity (Wildman–Crippen MR) is 93.6 cm³/mol. The number of hydrogen-bond acceptors (Lipinski definition) is 3. The monoisotopic (exact) mass is 363 g/mol. The summed E-state index contributed by atoms with van der Waals surface area (Å²) in [4.78, 5) is 16.3. The number of carbonyl (C=O) groups is 1. The van der Waals surface area contributed by atoms with Gasteiger partial charge < -0.3 is 10.6 Å². The molecule has 1 aliphatic carbocycles. The Hall–Kier alpha value is -2.57. The van der Waals surface area contributed by atoms with Gasteiger partial charge >= 0.3 is 0 Å². The number of pyridine rings is 1. The van der Waals surface area contributed by atoms with Gasteiger partial charge in [-0.05, 0) is 31.0 Å². The van der Waals surface area contributed by atoms with Crippen LogP contribution in [0.15, 0.2) is 30.6 Å². The summed E-state index contributed by atoms with van der Waals surface area (Å²) >= 11 is 0. The van der Waals surface area contributed by atoms with Crippen molar-refractivity contribution in [1.29, 1.82) is 0 Å². The zero-order valence-corrected chi connectivity index (χ0v) is 14.2. The first-order valence-corrected chi connectivity index (χ1v) is 8.71. The fourth-order valence-electron chi connectivity index (χ4n) is 3.12. The topological polar surface area (TPSA) is 54.0 Å². The molecule has 0 saturated heterocycles. The van der Waals surface area contributed by atoms with Crippen LogP contribution in [-0.2, 0) is 0 Å². The number of aromatic nitrogens is 1. The van der Waals surface area contributed by atoms with E-state index in [9.17, 15) is 18.0 Å². The Labute approximate surface area is 149 Å². The molecule has 0 spiro atoms. The summed E-state index contributed by atoms with van der Waals surface area (Å²) in [7, 11) is 0. The molecule has 1 aromatic carbocycles. The van der Waals surface area contributed by atoms with Crippen molar-refractivity contribution in [3.05, 3.63) is 53.6 Å². The summed E-state index contributed by atoms with van der Waals surface area (Å²) in [5.41, 5.74) is 0.485. The molecule has 2 aromatic rings. The van der Waals surface area contributed by atoms with E-state index >= 15 is 0 Å². The van der Waals surface area contributed by atoms with Crippen LogP contribution in [0.5, 0.6) is 0 Å². The molecule has 138 valence electrons. The van der Waals surface area contributed by atoms with E-state index in [0.717, 1.165) is 25.0 Å². The lowest BCUT2D eigenvalue weighted by Gasteiger charge is -2.17. The third-order valence-corrected chi connectivity index (χ3v) is 4.51. The summed E-state index contributed by atoms with van der Waals surface area (Å²) in [5, 5.41) is 5.63. The van der Waals surface area contributed by atoms with Gasteiger partial charge in [-0.25, -0.2) is 13.2 Å². The summed E-state index contributed by atoms with van der Waals surface area (Å²) in [6.07, 6.45) is 9.90. The number of anilines is 2. The third-order valence-electron chi connectivity index (χ3n) is 4.51. The number of nitrogens with one attached hydrogen (secondary N) is 2. The zero-order chi connectivity index (χ0) is 18.5. The maximum atomic E-state index is 13.7. The van der Waals surface area contributed by atoms with Gasteiger partial charge in [-0.1, -0.05) is 25.7 Å². The van der Waals surface area contributed by atoms with Crippen LogP contribution in [0.2, 0.25) is 0 Å². The van der Waals surface area contributed by atoms with Gasteiger partial charge in [0, 0.05) is 18.4 Å². The van der Waals surface area contributed by atoms with Gasteiger partial charge in [-0.3, -0.25) is 9.78 Å². The van der Waals surface area contributed by atoms with Gasteiger partial charge in [0.15, 0.2) is 17.5 Å². The maximum absolute atomic E-state index is 13.7. The smallest absolute Gasteiger partial charge is 0.257 e. The molecule has 1 amide bonds. The number of halogens is 3. The second-order valence-corrected chi connectivity index (χ2v) is 6.47. The quantitative estimate of drug-likeness (QED) is 0.601. The summed E-state index contributed by atoms with van der Waals surface area (Å²) in [6.45, 7) is 0. The Morgan fingerprint density at radius 3 is 2.46 bits per heavy atom. The Morgan fingerprint density at radius 2 is 1.73 bits per heavy atom. The van der Waals surface area contributed by atoms with E-state index in [4.69, 9.17) is 0 Å². The molecule has 7 heteroatoms. The second kappa shape index (κ2) is 8.21. The lowest BCUT2D eigenvalue weighted by Crippen LogP contribution is -2.19. The van der Waals surface area contributed by atoms with Crippen LogP contribution >= 0.6 is 0 Å². The molecule has 0 aliphatic heterocycles. The minimum absolute atomic E-state index is 0.202. The van der Waals surface area contributed by atoms with Crippen molar-refractivity contribution in [2.24, 2.45) is 0 Å². The van der Waals surface area contributed by atoms with Gasteiger partial charge in [0.05, 0.1) is 16.9 Å². The molecule has 26 heavy (non-hydrogen) atoms. The molecule has 1 heterocycles. The largest absolute Gasteiger partial charge is 0.381 e. The van der Waals surface area contributed by atoms with Gasteiger partial charge in [0.25, 0.3) is 5.91 Å². The highest BCUT2D eigenvalue weighted by molar-refractivity contribution is 6.04. The van der Waals surface area contributed by atoms with Crippen molar-refractivity contribution in [2.45, 2.75) is 44.6 Å². The molecular formula is C19H20F3N3O. The molecule has 1 saturated carbocycles. The number of benzene rings is 1. The average molecular weight is 363 g/mol. The standard InChI is InChI=1S/C19H20F3N3O/c20-15-7-8-16(18(22)17(15)21)25-19(26)12-9-14(11-23-10-12)24-13-5-3-1-2-4-6-13/h7-11,13,24H,1-6H2,(H,25,26). The first kappa shape index (κ1) is 18.2. The molecule has 1 aromatic heterocycles. The Morgan fingerprint density at radius 1 is 1.00 bits per heavy atom. The van der Waals surface area contributed by atoms with Crippen molar-refractivity contribution in [3.63, 3.8) is 0 Å². The number of rotatable bonds is 4. The van der Waals surface area contributed by atoms with E-state index in [-0.39, 0.29) is 5.56 Å². The highest BCUT2D eigenvalue weighted by Gasteiger charge is 2.17. The van der Waals surface area contributed by atoms with Crippen LogP contribution in [0, 0.1) is 17.5 Å². The van der Waals surface area contributed by atoms with Crippen LogP contribution < -0.4 is 10.6 Å². The number of carbonyl (C=O) groups excluding carboxylic acids is 1. The average Bonchev–Trinajstić information content (AvgIpc) is 2.91. The number of hydrogen-bond donors (Lipinski definition) is 2. The first-order valence-electron chi connectivity index (χ1n) is 8.71. The fraction of sp³-hybridized carbons (Fsp3) is 0.368. The molecule has 0 bridgehead atoms. The minimum atomic E-state index is -1.62. The highest BCUT2D eigenvalue weighted by Crippen LogP contribution is 2.23. The molecule has 1 fully saturated rings. The lowest BCUT2D eigenvalue weighted by atomic mass is 10.1. The molecule has 1 aliphatic rings. The SMILES string of the molecule is O=C(Nc1ccc(F)c(F)c1F)c1cncc(NC2CCCCCC2)c1. The van der Waals surface area contributed by atoms with Crippen molar-refractivity contribution < 1.29 is 18.0 Å². The van der Waals surface area contributed by atoms with Gasteiger partial charge in [0.2, 0.25) is 0 Å². The van der Waals surface area contributed by atoms with Crippen molar-refractivity contribution >= 4 is 17.3 Å². The lowest BCUT2D eigenvalue weighted by molar-refractivity contribution is 0.102. The zero-order valence-electron chi connectivity index (χ0n) is 14.2. The van der Waals surface area contributed by atoms with E-state index in [2.05, 4.69) is 15.6 Å². The van der Waals surface area contributed by atoms with Crippen LogP contribution in [0.1, 0.15) is 48.9 Å². The van der Waals surface area contributed by atoms with E-state index in [1.54, 1.807) is 12.3 Å². The van der Waals surface area contributed by atoms with E-state index < -0.39 is 29.0 Å². The number of nitrogens with zero attached hydrogens (tertiary/aromatic N) is 1. The molecule has 4 nitrogen and oxygen atoms in total. The predicted octanol–water partition coefficient (Wildman–Crippen LogP) is 4.89. The van der Waals surface area contributed by atoms with Crippen molar-refractivity contribution in [2.75, 3.05) is 10.6 Å². The van der Waals surface area contributed by atoms with Crippen LogP contribution in [0.3, 0.4) is 0 Å². The normalized spacial score (nSPS) is 15.3. The van der Waals surface area contributed by atoms with Gasteiger partial charge in [0.1, 0.15) is 0 Å². The van der Waals surface area contributed by atoms with Gasteiger partial charge in [-0.15, -0.1) is 0 Å². The molecule has 0 radical (unpaired) electrons. The number of amides is 1. The Balaban J connectivity index is 1.71. The van der Waals surface area contributed by atoms with E-state index in [0.29, 0.717) is 11.7 Å². The van der Waals surface area contributed by atoms with Crippen molar-refractivity contribution in [1.82, 2.24) is 4.98 Å². The molecule has 3 rings (SSSR count). The second-order valence-electron chi connectivity index (χ2n) is 6.47. The Kier molecular flexibility index (Phi) is 5.75. The van der Waals surface area contributed by atoms with Gasteiger partial charge in [-0.2, -0.15) is 0 Å². The molecule has 2 N–H and O–H groups in total. The summed E-state index contributed by atoms with van der Waals surface area (Å²) in [6, 6.07) is 3.69. The maximum Gasteiger partial charge on any atom is 0.257 e. The molecule has 0 atom stereocenters. The minimum Gasteiger partial charge on any atom is -0.381 e. The molecular weight excluding hydrogens is 343 g/mol. The van der Waals surface area contributed by atoms with E-state index in [1.165, 1.54) is 31.9 Å². The fourth-order valence-corrected chi connectivity index (χ4v) is 3.12. The molecule has 0 unspecified atom stereocenters. The van der Waals surface area contributed by atoms with Crippen molar-refractivity contribution in [3.8, 4) is 0 Å². The highest BCUT2D eigenvalue weighted by atomic mass is 19.2. The van der Waals surface area contributed by atoms with Crippen LogP contribution in [-0.4, -0.2) is 16.9 Å². The van der Waals surface area contributed by atoms with Crippen LogP contribution in [0.25, 0.3) is 0 Å². The summed E-state index contributed by atoms with van der Waals surface area (Å²) in [5.74, 6) is -5.01. The Bertz CT molecular complexity index is 790. The van der Waals surface area contributed by atoms with Crippen LogP contribution in [0.4, 0.5) is 24.5 Å². The third kappa shape index (κ3) is 4.33. The first-order chi connectivity index (χ1) is 12.5.